The summed E-state index contributed by atoms with van der Waals surface area (Å²) in [4.78, 5) is 21.0. The number of carbonyl (C=O) groups excluding carboxylic acids is 1. The lowest BCUT2D eigenvalue weighted by Crippen LogP contribution is -2.14. The highest BCUT2D eigenvalue weighted by Gasteiger charge is 2.18. The summed E-state index contributed by atoms with van der Waals surface area (Å²) in [5.41, 5.74) is 10.8. The van der Waals surface area contributed by atoms with Crippen LogP contribution in [0, 0.1) is 5.82 Å². The number of hydrogen-bond donors (Lipinski definition) is 4. The summed E-state index contributed by atoms with van der Waals surface area (Å²) < 4.78 is 14.4. The second-order valence-corrected chi connectivity index (χ2v) is 7.39. The number of nitrogens with zero attached hydrogens (tertiary/aromatic N) is 2. The topological polar surface area (TPSA) is 119 Å². The summed E-state index contributed by atoms with van der Waals surface area (Å²) in [5.74, 6) is 5.16. The van der Waals surface area contributed by atoms with Crippen molar-refractivity contribution >= 4 is 23.1 Å². The van der Waals surface area contributed by atoms with Crippen molar-refractivity contribution in [1.29, 1.82) is 0 Å². The largest absolute Gasteiger partial charge is 0.382 e. The van der Waals surface area contributed by atoms with Gasteiger partial charge >= 0.3 is 0 Å². The Hall–Kier alpha value is -3.52. The maximum atomic E-state index is 14.4. The molecule has 154 valence electrons. The first-order chi connectivity index (χ1) is 14.5. The van der Waals surface area contributed by atoms with Crippen LogP contribution in [-0.4, -0.2) is 15.9 Å². The van der Waals surface area contributed by atoms with Gasteiger partial charge in [0.2, 0.25) is 0 Å². The predicted molar refractivity (Wildman–Crippen MR) is 115 cm³/mol. The molecule has 0 unspecified atom stereocenters. The standard InChI is InChI=1S/C22H23FN6O/c23-18-10-7-15(21-26-12-19(29-25)20(24)28-21)11-17(18)22(30)27-16-8-5-14(6-9-16)13-3-1-2-4-13/h5-13,29H,1-4,25H2,(H,27,30)(H2,24,26,28). The fourth-order valence-electron chi connectivity index (χ4n) is 3.78. The second kappa shape index (κ2) is 8.46. The Balaban J connectivity index is 1.53. The van der Waals surface area contributed by atoms with Gasteiger partial charge in [0.1, 0.15) is 11.5 Å². The number of aromatic nitrogens is 2. The van der Waals surface area contributed by atoms with E-state index in [-0.39, 0.29) is 17.2 Å². The highest BCUT2D eigenvalue weighted by atomic mass is 19.1. The molecule has 0 spiro atoms. The number of hydrazine groups is 1. The summed E-state index contributed by atoms with van der Waals surface area (Å²) >= 11 is 0. The van der Waals surface area contributed by atoms with Gasteiger partial charge < -0.3 is 16.5 Å². The van der Waals surface area contributed by atoms with Crippen LogP contribution in [0.15, 0.2) is 48.7 Å². The Morgan fingerprint density at radius 1 is 1.10 bits per heavy atom. The lowest BCUT2D eigenvalue weighted by molar-refractivity contribution is 0.102. The van der Waals surface area contributed by atoms with Crippen LogP contribution in [-0.2, 0) is 0 Å². The van der Waals surface area contributed by atoms with E-state index < -0.39 is 11.7 Å². The molecule has 1 amide bonds. The third-order valence-electron chi connectivity index (χ3n) is 5.44. The number of nitrogens with two attached hydrogens (primary N) is 2. The van der Waals surface area contributed by atoms with Crippen molar-refractivity contribution in [2.75, 3.05) is 16.5 Å². The summed E-state index contributed by atoms with van der Waals surface area (Å²) in [6.45, 7) is 0. The van der Waals surface area contributed by atoms with Crippen molar-refractivity contribution in [3.63, 3.8) is 0 Å². The fourth-order valence-corrected chi connectivity index (χ4v) is 3.78. The van der Waals surface area contributed by atoms with Crippen molar-refractivity contribution in [2.24, 2.45) is 5.84 Å². The molecule has 0 radical (unpaired) electrons. The number of rotatable bonds is 5. The first-order valence-corrected chi connectivity index (χ1v) is 9.85. The SMILES string of the molecule is NNc1cnc(-c2ccc(F)c(C(=O)Nc3ccc(C4CCCC4)cc3)c2)nc1N. The third kappa shape index (κ3) is 4.08. The van der Waals surface area contributed by atoms with E-state index in [4.69, 9.17) is 11.6 Å². The normalized spacial score (nSPS) is 13.9. The van der Waals surface area contributed by atoms with Crippen molar-refractivity contribution in [2.45, 2.75) is 31.6 Å². The zero-order chi connectivity index (χ0) is 21.1. The molecule has 1 fully saturated rings. The third-order valence-corrected chi connectivity index (χ3v) is 5.44. The number of nitrogen functional groups attached to an aromatic ring is 2. The zero-order valence-corrected chi connectivity index (χ0v) is 16.4. The molecular weight excluding hydrogens is 383 g/mol. The van der Waals surface area contributed by atoms with Crippen LogP contribution in [0.2, 0.25) is 0 Å². The molecule has 4 rings (SSSR count). The van der Waals surface area contributed by atoms with E-state index in [0.717, 1.165) is 0 Å². The van der Waals surface area contributed by atoms with E-state index in [1.165, 1.54) is 55.6 Å². The number of nitrogens with one attached hydrogen (secondary N) is 2. The van der Waals surface area contributed by atoms with Crippen molar-refractivity contribution in [3.05, 3.63) is 65.6 Å². The van der Waals surface area contributed by atoms with Crippen molar-refractivity contribution < 1.29 is 9.18 Å². The highest BCUT2D eigenvalue weighted by Crippen LogP contribution is 2.34. The van der Waals surface area contributed by atoms with Gasteiger partial charge in [-0.2, -0.15) is 0 Å². The van der Waals surface area contributed by atoms with Crippen LogP contribution < -0.4 is 22.3 Å². The van der Waals surface area contributed by atoms with Crippen molar-refractivity contribution in [3.8, 4) is 11.4 Å². The van der Waals surface area contributed by atoms with Gasteiger partial charge in [0.25, 0.3) is 5.91 Å². The van der Waals surface area contributed by atoms with Gasteiger partial charge in [0.05, 0.1) is 11.8 Å². The van der Waals surface area contributed by atoms with Gasteiger partial charge in [-0.1, -0.05) is 25.0 Å². The highest BCUT2D eigenvalue weighted by molar-refractivity contribution is 6.05. The molecule has 1 aliphatic rings. The second-order valence-electron chi connectivity index (χ2n) is 7.39. The average Bonchev–Trinajstić information content (AvgIpc) is 3.29. The van der Waals surface area contributed by atoms with Gasteiger partial charge in [0, 0.05) is 11.3 Å². The molecule has 1 saturated carbocycles. The molecule has 1 aromatic heterocycles. The van der Waals surface area contributed by atoms with Gasteiger partial charge in [0.15, 0.2) is 11.6 Å². The minimum absolute atomic E-state index is 0.101. The maximum Gasteiger partial charge on any atom is 0.258 e. The Labute approximate surface area is 173 Å². The number of carbonyl (C=O) groups is 1. The van der Waals surface area contributed by atoms with Crippen LogP contribution in [0.25, 0.3) is 11.4 Å². The molecule has 0 aliphatic heterocycles. The molecule has 0 saturated heterocycles. The van der Waals surface area contributed by atoms with Crippen LogP contribution in [0.4, 0.5) is 21.6 Å². The van der Waals surface area contributed by atoms with Gasteiger partial charge in [-0.3, -0.25) is 10.6 Å². The monoisotopic (exact) mass is 406 g/mol. The van der Waals surface area contributed by atoms with Crippen LogP contribution in [0.1, 0.15) is 47.5 Å². The smallest absolute Gasteiger partial charge is 0.258 e. The molecule has 7 nitrogen and oxygen atoms in total. The first kappa shape index (κ1) is 19.8. The van der Waals surface area contributed by atoms with E-state index in [1.807, 2.05) is 24.3 Å². The summed E-state index contributed by atoms with van der Waals surface area (Å²) in [6, 6.07) is 11.9. The molecule has 0 atom stereocenters. The average molecular weight is 406 g/mol. The molecular formula is C22H23FN6O. The molecule has 0 bridgehead atoms. The van der Waals surface area contributed by atoms with Gasteiger partial charge in [-0.25, -0.2) is 14.4 Å². The number of halogens is 1. The minimum Gasteiger partial charge on any atom is -0.382 e. The van der Waals surface area contributed by atoms with E-state index in [2.05, 4.69) is 20.7 Å². The lowest BCUT2D eigenvalue weighted by atomic mass is 9.97. The molecule has 3 aromatic rings. The summed E-state index contributed by atoms with van der Waals surface area (Å²) in [6.07, 6.45) is 6.36. The summed E-state index contributed by atoms with van der Waals surface area (Å²) in [7, 11) is 0. The van der Waals surface area contributed by atoms with Crippen LogP contribution >= 0.6 is 0 Å². The molecule has 1 heterocycles. The lowest BCUT2D eigenvalue weighted by Gasteiger charge is -2.12. The molecule has 1 aliphatic carbocycles. The number of benzene rings is 2. The predicted octanol–water partition coefficient (Wildman–Crippen LogP) is 4.06. The molecule has 8 heteroatoms. The van der Waals surface area contributed by atoms with Gasteiger partial charge in [-0.05, 0) is 54.7 Å². The van der Waals surface area contributed by atoms with Crippen LogP contribution in [0.5, 0.6) is 0 Å². The molecule has 6 N–H and O–H groups in total. The Morgan fingerprint density at radius 3 is 2.50 bits per heavy atom. The van der Waals surface area contributed by atoms with Crippen molar-refractivity contribution in [1.82, 2.24) is 9.97 Å². The Kier molecular flexibility index (Phi) is 5.58. The quantitative estimate of drug-likeness (QED) is 0.375. The molecule has 2 aromatic carbocycles. The first-order valence-electron chi connectivity index (χ1n) is 9.85. The van der Waals surface area contributed by atoms with Crippen LogP contribution in [0.3, 0.4) is 0 Å². The fraction of sp³-hybridized carbons (Fsp3) is 0.227. The van der Waals surface area contributed by atoms with E-state index in [1.54, 1.807) is 0 Å². The zero-order valence-electron chi connectivity index (χ0n) is 16.4. The van der Waals surface area contributed by atoms with Gasteiger partial charge in [-0.15, -0.1) is 0 Å². The van der Waals surface area contributed by atoms with E-state index in [9.17, 15) is 9.18 Å². The van der Waals surface area contributed by atoms with E-state index >= 15 is 0 Å². The Morgan fingerprint density at radius 2 is 1.83 bits per heavy atom. The number of amides is 1. The summed E-state index contributed by atoms with van der Waals surface area (Å²) in [5, 5.41) is 2.75. The number of hydrogen-bond acceptors (Lipinski definition) is 6. The number of anilines is 3. The van der Waals surface area contributed by atoms with E-state index in [0.29, 0.717) is 22.9 Å². The molecule has 30 heavy (non-hydrogen) atoms. The minimum atomic E-state index is -0.632. The Bertz CT molecular complexity index is 1060. The maximum absolute atomic E-state index is 14.4.